The predicted octanol–water partition coefficient (Wildman–Crippen LogP) is 1.05. The van der Waals surface area contributed by atoms with Crippen LogP contribution in [0.2, 0.25) is 0 Å². The van der Waals surface area contributed by atoms with Gasteiger partial charge in [0.1, 0.15) is 0 Å². The van der Waals surface area contributed by atoms with Crippen LogP contribution in [0.15, 0.2) is 24.3 Å². The number of nitrogens with one attached hydrogen (secondary N) is 2. The standard InChI is InChI=1S/C6H7N3O/c10-9-7-5-3-1-2-4-6(5)8-9/h1-4,7-8,10H. The average Bonchev–Trinajstić information content (AvgIpc) is 2.27. The molecule has 0 saturated heterocycles. The molecule has 0 amide bonds. The van der Waals surface area contributed by atoms with Gasteiger partial charge < -0.3 is 0 Å². The number of nitrogens with zero attached hydrogens (tertiary/aromatic N) is 1. The number of hydrazine groups is 2. The number of hydrogen-bond acceptors (Lipinski definition) is 4. The van der Waals surface area contributed by atoms with Gasteiger partial charge in [-0.15, -0.1) is 0 Å². The van der Waals surface area contributed by atoms with Gasteiger partial charge in [-0.2, -0.15) is 0 Å². The first-order valence-electron chi connectivity index (χ1n) is 2.97. The number of para-hydroxylation sites is 2. The summed E-state index contributed by atoms with van der Waals surface area (Å²) in [7, 11) is 0. The van der Waals surface area contributed by atoms with Crippen molar-refractivity contribution in [2.75, 3.05) is 10.9 Å². The Morgan fingerprint density at radius 2 is 1.60 bits per heavy atom. The first-order chi connectivity index (χ1) is 4.86. The predicted molar refractivity (Wildman–Crippen MR) is 37.3 cm³/mol. The molecule has 1 heterocycles. The third kappa shape index (κ3) is 0.706. The molecule has 0 saturated carbocycles. The number of anilines is 2. The lowest BCUT2D eigenvalue weighted by Gasteiger charge is -2.03. The van der Waals surface area contributed by atoms with E-state index in [-0.39, 0.29) is 0 Å². The lowest BCUT2D eigenvalue weighted by molar-refractivity contribution is -0.0339. The summed E-state index contributed by atoms with van der Waals surface area (Å²) in [5, 5.41) is 9.69. The van der Waals surface area contributed by atoms with Crippen LogP contribution in [-0.4, -0.2) is 10.5 Å². The minimum Gasteiger partial charge on any atom is -0.277 e. The molecule has 0 unspecified atom stereocenters. The lowest BCUT2D eigenvalue weighted by atomic mass is 10.3. The van der Waals surface area contributed by atoms with Gasteiger partial charge in [0.2, 0.25) is 0 Å². The summed E-state index contributed by atoms with van der Waals surface area (Å²) in [4.78, 5) is 0. The first kappa shape index (κ1) is 5.52. The lowest BCUT2D eigenvalue weighted by Crippen LogP contribution is -2.24. The van der Waals surface area contributed by atoms with Crippen LogP contribution in [0.3, 0.4) is 0 Å². The fourth-order valence-corrected chi connectivity index (χ4v) is 0.934. The average molecular weight is 137 g/mol. The highest BCUT2D eigenvalue weighted by Crippen LogP contribution is 2.25. The molecule has 0 fully saturated rings. The van der Waals surface area contributed by atoms with Crippen molar-refractivity contribution in [3.8, 4) is 0 Å². The zero-order valence-electron chi connectivity index (χ0n) is 5.20. The quantitative estimate of drug-likeness (QED) is 0.500. The van der Waals surface area contributed by atoms with E-state index in [4.69, 9.17) is 5.21 Å². The number of hydrogen-bond donors (Lipinski definition) is 3. The molecule has 0 aliphatic carbocycles. The molecule has 0 aromatic heterocycles. The zero-order valence-corrected chi connectivity index (χ0v) is 5.20. The van der Waals surface area contributed by atoms with E-state index in [9.17, 15) is 0 Å². The molecule has 3 N–H and O–H groups in total. The van der Waals surface area contributed by atoms with Crippen LogP contribution in [-0.2, 0) is 0 Å². The van der Waals surface area contributed by atoms with E-state index in [2.05, 4.69) is 10.9 Å². The van der Waals surface area contributed by atoms with E-state index < -0.39 is 0 Å². The highest BCUT2D eigenvalue weighted by molar-refractivity contribution is 5.70. The maximum Gasteiger partial charge on any atom is 0.0777 e. The van der Waals surface area contributed by atoms with E-state index in [0.29, 0.717) is 0 Å². The van der Waals surface area contributed by atoms with E-state index in [1.807, 2.05) is 24.3 Å². The molecule has 0 bridgehead atoms. The van der Waals surface area contributed by atoms with Gasteiger partial charge in [-0.25, -0.2) is 0 Å². The molecule has 1 aliphatic rings. The molecule has 2 rings (SSSR count). The normalized spacial score (nSPS) is 15.7. The molecular formula is C6H7N3O. The smallest absolute Gasteiger partial charge is 0.0777 e. The number of rotatable bonds is 0. The van der Waals surface area contributed by atoms with E-state index in [1.54, 1.807) is 0 Å². The molecule has 10 heavy (non-hydrogen) atoms. The number of benzene rings is 1. The Kier molecular flexibility index (Phi) is 1.03. The second-order valence-electron chi connectivity index (χ2n) is 2.08. The van der Waals surface area contributed by atoms with E-state index in [1.165, 1.54) is 0 Å². The molecule has 52 valence electrons. The van der Waals surface area contributed by atoms with Gasteiger partial charge in [0.15, 0.2) is 0 Å². The van der Waals surface area contributed by atoms with Gasteiger partial charge in [0, 0.05) is 0 Å². The SMILES string of the molecule is ON1Nc2ccccc2N1. The van der Waals surface area contributed by atoms with Gasteiger partial charge >= 0.3 is 0 Å². The monoisotopic (exact) mass is 137 g/mol. The fourth-order valence-electron chi connectivity index (χ4n) is 0.934. The van der Waals surface area contributed by atoms with Crippen molar-refractivity contribution in [2.45, 2.75) is 0 Å². The van der Waals surface area contributed by atoms with Crippen LogP contribution in [0.1, 0.15) is 0 Å². The first-order valence-corrected chi connectivity index (χ1v) is 2.97. The van der Waals surface area contributed by atoms with Gasteiger partial charge in [-0.1, -0.05) is 12.1 Å². The van der Waals surface area contributed by atoms with Gasteiger partial charge in [-0.05, 0) is 17.4 Å². The minimum absolute atomic E-state index is 0.824. The van der Waals surface area contributed by atoms with Crippen LogP contribution in [0.5, 0.6) is 0 Å². The Bertz CT molecular complexity index is 226. The Hall–Kier alpha value is -1.26. The summed E-state index contributed by atoms with van der Waals surface area (Å²) in [6, 6.07) is 7.54. The van der Waals surface area contributed by atoms with Gasteiger partial charge in [0.05, 0.1) is 11.4 Å². The third-order valence-corrected chi connectivity index (χ3v) is 1.38. The van der Waals surface area contributed by atoms with Crippen molar-refractivity contribution >= 4 is 11.4 Å². The minimum atomic E-state index is 0.824. The highest BCUT2D eigenvalue weighted by Gasteiger charge is 2.12. The Balaban J connectivity index is 2.42. The Morgan fingerprint density at radius 3 is 2.10 bits per heavy atom. The van der Waals surface area contributed by atoms with Crippen LogP contribution in [0.25, 0.3) is 0 Å². The molecule has 1 aromatic rings. The molecule has 4 heteroatoms. The summed E-state index contributed by atoms with van der Waals surface area (Å²) in [5.74, 6) is 0. The zero-order chi connectivity index (χ0) is 6.97. The molecule has 0 spiro atoms. The van der Waals surface area contributed by atoms with Crippen LogP contribution in [0.4, 0.5) is 11.4 Å². The van der Waals surface area contributed by atoms with Crippen molar-refractivity contribution in [1.82, 2.24) is 5.28 Å². The largest absolute Gasteiger partial charge is 0.277 e. The molecule has 1 aromatic carbocycles. The summed E-state index contributed by atoms with van der Waals surface area (Å²) in [6.07, 6.45) is 0. The topological polar surface area (TPSA) is 47.5 Å². The maximum absolute atomic E-state index is 8.86. The van der Waals surface area contributed by atoms with Gasteiger partial charge in [0.25, 0.3) is 0 Å². The van der Waals surface area contributed by atoms with Crippen molar-refractivity contribution in [2.24, 2.45) is 0 Å². The van der Waals surface area contributed by atoms with Crippen LogP contribution < -0.4 is 10.9 Å². The molecular weight excluding hydrogens is 130 g/mol. The molecule has 1 aliphatic heterocycles. The maximum atomic E-state index is 8.86. The summed E-state index contributed by atoms with van der Waals surface area (Å²) >= 11 is 0. The van der Waals surface area contributed by atoms with Crippen LogP contribution in [0, 0.1) is 0 Å². The third-order valence-electron chi connectivity index (χ3n) is 1.38. The van der Waals surface area contributed by atoms with Crippen molar-refractivity contribution in [3.05, 3.63) is 24.3 Å². The summed E-state index contributed by atoms with van der Waals surface area (Å²) < 4.78 is 0. The summed E-state index contributed by atoms with van der Waals surface area (Å²) in [6.45, 7) is 0. The second kappa shape index (κ2) is 1.86. The molecule has 4 nitrogen and oxygen atoms in total. The Labute approximate surface area is 58.0 Å². The Morgan fingerprint density at radius 1 is 1.10 bits per heavy atom. The van der Waals surface area contributed by atoms with Crippen molar-refractivity contribution < 1.29 is 5.21 Å². The highest BCUT2D eigenvalue weighted by atomic mass is 16.6. The summed E-state index contributed by atoms with van der Waals surface area (Å²) in [5.41, 5.74) is 7.11. The molecule has 0 atom stereocenters. The van der Waals surface area contributed by atoms with E-state index in [0.717, 1.165) is 16.7 Å². The van der Waals surface area contributed by atoms with E-state index >= 15 is 0 Å². The van der Waals surface area contributed by atoms with Gasteiger partial charge in [-0.3, -0.25) is 16.1 Å². The van der Waals surface area contributed by atoms with Crippen LogP contribution >= 0.6 is 0 Å². The van der Waals surface area contributed by atoms with Crippen molar-refractivity contribution in [3.63, 3.8) is 0 Å². The van der Waals surface area contributed by atoms with Crippen molar-refractivity contribution in [1.29, 1.82) is 0 Å². The number of fused-ring (bicyclic) bond motifs is 1. The molecule has 0 radical (unpaired) electrons. The second-order valence-corrected chi connectivity index (χ2v) is 2.08. The fraction of sp³-hybridized carbons (Fsp3) is 0.